The number of nitrogen functional groups attached to an aromatic ring is 1. The van der Waals surface area contributed by atoms with E-state index in [0.717, 1.165) is 18.5 Å². The van der Waals surface area contributed by atoms with Crippen molar-refractivity contribution in [2.45, 2.75) is 32.7 Å². The first-order chi connectivity index (χ1) is 6.67. The van der Waals surface area contributed by atoms with Gasteiger partial charge in [-0.3, -0.25) is 0 Å². The van der Waals surface area contributed by atoms with Crippen LogP contribution in [-0.4, -0.2) is 6.04 Å². The van der Waals surface area contributed by atoms with Crippen molar-refractivity contribution in [1.29, 1.82) is 0 Å². The standard InChI is InChI=1S/C11H17FN2/c1-3-8(4-2)14-9-5-6-11(13)10(12)7-9/h5-8,14H,3-4,13H2,1-2H3. The van der Waals surface area contributed by atoms with Gasteiger partial charge in [0.15, 0.2) is 0 Å². The number of hydrogen-bond donors (Lipinski definition) is 2. The maximum atomic E-state index is 13.1. The Labute approximate surface area is 84.3 Å². The summed E-state index contributed by atoms with van der Waals surface area (Å²) in [5, 5.41) is 3.25. The van der Waals surface area contributed by atoms with E-state index >= 15 is 0 Å². The molecule has 1 aromatic rings. The predicted octanol–water partition coefficient (Wildman–Crippen LogP) is 3.01. The van der Waals surface area contributed by atoms with Gasteiger partial charge in [-0.1, -0.05) is 13.8 Å². The van der Waals surface area contributed by atoms with E-state index in [0.29, 0.717) is 6.04 Å². The van der Waals surface area contributed by atoms with Gasteiger partial charge in [-0.05, 0) is 31.0 Å². The lowest BCUT2D eigenvalue weighted by Crippen LogP contribution is -2.17. The highest BCUT2D eigenvalue weighted by atomic mass is 19.1. The van der Waals surface area contributed by atoms with E-state index in [1.807, 2.05) is 0 Å². The Kier molecular flexibility index (Phi) is 3.74. The van der Waals surface area contributed by atoms with Gasteiger partial charge in [-0.25, -0.2) is 4.39 Å². The number of hydrogen-bond acceptors (Lipinski definition) is 2. The van der Waals surface area contributed by atoms with Crippen molar-refractivity contribution in [3.8, 4) is 0 Å². The third-order valence-corrected chi connectivity index (χ3v) is 2.36. The largest absolute Gasteiger partial charge is 0.396 e. The molecule has 0 atom stereocenters. The fourth-order valence-electron chi connectivity index (χ4n) is 1.35. The number of nitrogens with two attached hydrogens (primary N) is 1. The normalized spacial score (nSPS) is 10.6. The maximum Gasteiger partial charge on any atom is 0.148 e. The van der Waals surface area contributed by atoms with Gasteiger partial charge in [0.2, 0.25) is 0 Å². The van der Waals surface area contributed by atoms with Crippen molar-refractivity contribution >= 4 is 11.4 Å². The van der Waals surface area contributed by atoms with Crippen molar-refractivity contribution in [3.63, 3.8) is 0 Å². The molecule has 78 valence electrons. The lowest BCUT2D eigenvalue weighted by Gasteiger charge is -2.16. The van der Waals surface area contributed by atoms with E-state index in [1.54, 1.807) is 12.1 Å². The highest BCUT2D eigenvalue weighted by Crippen LogP contribution is 2.17. The van der Waals surface area contributed by atoms with E-state index in [4.69, 9.17) is 5.73 Å². The van der Waals surface area contributed by atoms with Gasteiger partial charge < -0.3 is 11.1 Å². The van der Waals surface area contributed by atoms with Crippen LogP contribution in [0.4, 0.5) is 15.8 Å². The quantitative estimate of drug-likeness (QED) is 0.726. The zero-order chi connectivity index (χ0) is 10.6. The van der Waals surface area contributed by atoms with Gasteiger partial charge in [0, 0.05) is 11.7 Å². The summed E-state index contributed by atoms with van der Waals surface area (Å²) >= 11 is 0. The third-order valence-electron chi connectivity index (χ3n) is 2.36. The number of rotatable bonds is 4. The Morgan fingerprint density at radius 2 is 2.00 bits per heavy atom. The molecule has 1 rings (SSSR count). The van der Waals surface area contributed by atoms with Crippen molar-refractivity contribution < 1.29 is 4.39 Å². The van der Waals surface area contributed by atoms with Gasteiger partial charge in [0.1, 0.15) is 5.82 Å². The zero-order valence-electron chi connectivity index (χ0n) is 8.68. The Morgan fingerprint density at radius 3 is 2.50 bits per heavy atom. The summed E-state index contributed by atoms with van der Waals surface area (Å²) in [5.41, 5.74) is 6.37. The minimum absolute atomic E-state index is 0.195. The van der Waals surface area contributed by atoms with Gasteiger partial charge in [-0.15, -0.1) is 0 Å². The molecule has 0 fully saturated rings. The van der Waals surface area contributed by atoms with Gasteiger partial charge in [0.25, 0.3) is 0 Å². The molecule has 2 nitrogen and oxygen atoms in total. The highest BCUT2D eigenvalue weighted by molar-refractivity contribution is 5.52. The van der Waals surface area contributed by atoms with Crippen LogP contribution in [0.25, 0.3) is 0 Å². The average Bonchev–Trinajstić information content (AvgIpc) is 2.19. The third kappa shape index (κ3) is 2.62. The van der Waals surface area contributed by atoms with E-state index in [2.05, 4.69) is 19.2 Å². The smallest absolute Gasteiger partial charge is 0.148 e. The second-order valence-corrected chi connectivity index (χ2v) is 3.39. The minimum Gasteiger partial charge on any atom is -0.396 e. The van der Waals surface area contributed by atoms with Gasteiger partial charge >= 0.3 is 0 Å². The molecule has 3 heteroatoms. The molecular weight excluding hydrogens is 179 g/mol. The molecule has 0 unspecified atom stereocenters. The summed E-state index contributed by atoms with van der Waals surface area (Å²) in [6.45, 7) is 4.21. The highest BCUT2D eigenvalue weighted by Gasteiger charge is 2.04. The zero-order valence-corrected chi connectivity index (χ0v) is 8.68. The van der Waals surface area contributed by atoms with Crippen LogP contribution in [0, 0.1) is 5.82 Å². The fourth-order valence-corrected chi connectivity index (χ4v) is 1.35. The Hall–Kier alpha value is -1.25. The number of anilines is 2. The van der Waals surface area contributed by atoms with Gasteiger partial charge in [-0.2, -0.15) is 0 Å². The summed E-state index contributed by atoms with van der Waals surface area (Å²) in [7, 11) is 0. The predicted molar refractivity (Wildman–Crippen MR) is 58.8 cm³/mol. The van der Waals surface area contributed by atoms with Crippen LogP contribution in [0.1, 0.15) is 26.7 Å². The summed E-state index contributed by atoms with van der Waals surface area (Å²) in [4.78, 5) is 0. The molecule has 0 heterocycles. The van der Waals surface area contributed by atoms with Crippen molar-refractivity contribution in [1.82, 2.24) is 0 Å². The lowest BCUT2D eigenvalue weighted by atomic mass is 10.1. The molecule has 0 aliphatic carbocycles. The monoisotopic (exact) mass is 196 g/mol. The number of nitrogens with one attached hydrogen (secondary N) is 1. The Balaban J connectivity index is 2.72. The second-order valence-electron chi connectivity index (χ2n) is 3.39. The van der Waals surface area contributed by atoms with Crippen molar-refractivity contribution in [2.75, 3.05) is 11.1 Å². The molecule has 1 aromatic carbocycles. The Bertz CT molecular complexity index is 295. The number of benzene rings is 1. The lowest BCUT2D eigenvalue weighted by molar-refractivity contribution is 0.630. The van der Waals surface area contributed by atoms with Crippen LogP contribution in [-0.2, 0) is 0 Å². The summed E-state index contributed by atoms with van der Waals surface area (Å²) in [6, 6.07) is 5.22. The molecule has 0 radical (unpaired) electrons. The molecule has 0 saturated heterocycles. The van der Waals surface area contributed by atoms with Crippen molar-refractivity contribution in [2.24, 2.45) is 0 Å². The first-order valence-corrected chi connectivity index (χ1v) is 4.99. The average molecular weight is 196 g/mol. The molecule has 0 spiro atoms. The van der Waals surface area contributed by atoms with Crippen LogP contribution in [0.3, 0.4) is 0 Å². The molecule has 0 aliphatic heterocycles. The molecule has 3 N–H and O–H groups in total. The summed E-state index contributed by atoms with van der Waals surface area (Å²) in [6.07, 6.45) is 2.06. The molecule has 0 aromatic heterocycles. The van der Waals surface area contributed by atoms with Crippen LogP contribution in [0.2, 0.25) is 0 Å². The SMILES string of the molecule is CCC(CC)Nc1ccc(N)c(F)c1. The van der Waals surface area contributed by atoms with Gasteiger partial charge in [0.05, 0.1) is 5.69 Å². The van der Waals surface area contributed by atoms with E-state index in [9.17, 15) is 4.39 Å². The first kappa shape index (κ1) is 10.8. The number of halogens is 1. The van der Waals surface area contributed by atoms with E-state index in [-0.39, 0.29) is 11.5 Å². The second kappa shape index (κ2) is 4.84. The molecule has 0 aliphatic rings. The minimum atomic E-state index is -0.360. The van der Waals surface area contributed by atoms with E-state index in [1.165, 1.54) is 6.07 Å². The molecule has 0 saturated carbocycles. The molecular formula is C11H17FN2. The summed E-state index contributed by atoms with van der Waals surface area (Å²) in [5.74, 6) is -0.360. The van der Waals surface area contributed by atoms with Crippen LogP contribution >= 0.6 is 0 Å². The summed E-state index contributed by atoms with van der Waals surface area (Å²) < 4.78 is 13.1. The Morgan fingerprint density at radius 1 is 1.36 bits per heavy atom. The van der Waals surface area contributed by atoms with Crippen molar-refractivity contribution in [3.05, 3.63) is 24.0 Å². The van der Waals surface area contributed by atoms with E-state index < -0.39 is 0 Å². The molecule has 0 bridgehead atoms. The van der Waals surface area contributed by atoms with Crippen LogP contribution in [0.15, 0.2) is 18.2 Å². The topological polar surface area (TPSA) is 38.0 Å². The maximum absolute atomic E-state index is 13.1. The fraction of sp³-hybridized carbons (Fsp3) is 0.455. The first-order valence-electron chi connectivity index (χ1n) is 4.99. The van der Waals surface area contributed by atoms with Crippen LogP contribution < -0.4 is 11.1 Å². The molecule has 0 amide bonds. The molecule has 14 heavy (non-hydrogen) atoms. The van der Waals surface area contributed by atoms with Crippen LogP contribution in [0.5, 0.6) is 0 Å².